The summed E-state index contributed by atoms with van der Waals surface area (Å²) in [6.07, 6.45) is 4.71. The van der Waals surface area contributed by atoms with Gasteiger partial charge in [0.25, 0.3) is 0 Å². The van der Waals surface area contributed by atoms with E-state index < -0.39 is 6.10 Å². The van der Waals surface area contributed by atoms with Crippen molar-refractivity contribution in [1.82, 2.24) is 20.1 Å². The van der Waals surface area contributed by atoms with Gasteiger partial charge in [0.05, 0.1) is 18.6 Å². The number of carbonyl (C=O) groups excluding carboxylic acids is 2. The zero-order valence-corrected chi connectivity index (χ0v) is 14.6. The molecular formula is C18H26N4O3. The van der Waals surface area contributed by atoms with Crippen LogP contribution in [0.2, 0.25) is 0 Å². The van der Waals surface area contributed by atoms with Crippen LogP contribution >= 0.6 is 0 Å². The summed E-state index contributed by atoms with van der Waals surface area (Å²) in [5, 5.41) is 13.6. The minimum Gasteiger partial charge on any atom is -0.389 e. The zero-order chi connectivity index (χ0) is 17.8. The lowest BCUT2D eigenvalue weighted by molar-refractivity contribution is -0.131. The predicted octanol–water partition coefficient (Wildman–Crippen LogP) is -0.204. The molecule has 2 N–H and O–H groups in total. The van der Waals surface area contributed by atoms with Crippen LogP contribution in [0.1, 0.15) is 25.3 Å². The third-order valence-corrected chi connectivity index (χ3v) is 5.24. The quantitative estimate of drug-likeness (QED) is 0.788. The molecule has 1 aromatic heterocycles. The fraction of sp³-hybridized carbons (Fsp3) is 0.611. The molecule has 7 nitrogen and oxygen atoms in total. The predicted molar refractivity (Wildman–Crippen MR) is 92.7 cm³/mol. The maximum atomic E-state index is 12.2. The average Bonchev–Trinajstić information content (AvgIpc) is 2.96. The van der Waals surface area contributed by atoms with Crippen molar-refractivity contribution in [3.8, 4) is 0 Å². The van der Waals surface area contributed by atoms with Crippen molar-refractivity contribution in [3.63, 3.8) is 0 Å². The van der Waals surface area contributed by atoms with Gasteiger partial charge in [-0.3, -0.25) is 19.5 Å². The molecule has 2 heterocycles. The van der Waals surface area contributed by atoms with Crippen molar-refractivity contribution in [2.45, 2.75) is 44.4 Å². The van der Waals surface area contributed by atoms with Crippen molar-refractivity contribution in [2.75, 3.05) is 26.2 Å². The van der Waals surface area contributed by atoms with Gasteiger partial charge in [-0.2, -0.15) is 0 Å². The SMILES string of the molecule is CC(=O)N1CCN([C@@H]2CC[C@@H](NC(=O)Cc3cccnc3)[C@H]2O)CC1. The van der Waals surface area contributed by atoms with E-state index in [-0.39, 0.29) is 30.3 Å². The number of pyridine rings is 1. The molecule has 3 atom stereocenters. The number of nitrogens with one attached hydrogen (secondary N) is 1. The van der Waals surface area contributed by atoms with Crippen molar-refractivity contribution >= 4 is 11.8 Å². The molecular weight excluding hydrogens is 320 g/mol. The summed E-state index contributed by atoms with van der Waals surface area (Å²) in [5.74, 6) is 0.0197. The number of hydrogen-bond donors (Lipinski definition) is 2. The first-order valence-electron chi connectivity index (χ1n) is 8.90. The van der Waals surface area contributed by atoms with Gasteiger partial charge in [0.2, 0.25) is 11.8 Å². The lowest BCUT2D eigenvalue weighted by atomic mass is 10.1. The molecule has 136 valence electrons. The van der Waals surface area contributed by atoms with E-state index >= 15 is 0 Å². The van der Waals surface area contributed by atoms with Gasteiger partial charge >= 0.3 is 0 Å². The van der Waals surface area contributed by atoms with Crippen molar-refractivity contribution in [2.24, 2.45) is 0 Å². The Morgan fingerprint density at radius 2 is 2.04 bits per heavy atom. The Balaban J connectivity index is 1.49. The molecule has 2 fully saturated rings. The number of hydrogen-bond acceptors (Lipinski definition) is 5. The summed E-state index contributed by atoms with van der Waals surface area (Å²) in [5.41, 5.74) is 0.865. The van der Waals surface area contributed by atoms with E-state index in [1.165, 1.54) is 0 Å². The fourth-order valence-electron chi connectivity index (χ4n) is 3.83. The molecule has 1 aliphatic carbocycles. The van der Waals surface area contributed by atoms with E-state index in [1.54, 1.807) is 19.3 Å². The molecule has 25 heavy (non-hydrogen) atoms. The van der Waals surface area contributed by atoms with Crippen molar-refractivity contribution in [3.05, 3.63) is 30.1 Å². The van der Waals surface area contributed by atoms with Crippen molar-refractivity contribution in [1.29, 1.82) is 0 Å². The van der Waals surface area contributed by atoms with Gasteiger partial charge in [0, 0.05) is 51.5 Å². The first-order valence-corrected chi connectivity index (χ1v) is 8.90. The third-order valence-electron chi connectivity index (χ3n) is 5.24. The molecule has 1 saturated carbocycles. The molecule has 1 aromatic rings. The molecule has 0 unspecified atom stereocenters. The summed E-state index contributed by atoms with van der Waals surface area (Å²) >= 11 is 0. The number of rotatable bonds is 4. The number of aromatic nitrogens is 1. The van der Waals surface area contributed by atoms with Crippen LogP contribution in [0.25, 0.3) is 0 Å². The van der Waals surface area contributed by atoms with Crippen LogP contribution in [-0.4, -0.2) is 76.1 Å². The number of carbonyl (C=O) groups is 2. The van der Waals surface area contributed by atoms with Gasteiger partial charge < -0.3 is 15.3 Å². The Morgan fingerprint density at radius 1 is 1.28 bits per heavy atom. The van der Waals surface area contributed by atoms with Gasteiger partial charge in [-0.25, -0.2) is 0 Å². The maximum absolute atomic E-state index is 12.2. The number of piperazine rings is 1. The number of aliphatic hydroxyl groups excluding tert-OH is 1. The molecule has 0 spiro atoms. The van der Waals surface area contributed by atoms with Gasteiger partial charge in [0.1, 0.15) is 0 Å². The Kier molecular flexibility index (Phi) is 5.65. The Morgan fingerprint density at radius 3 is 2.68 bits per heavy atom. The Hall–Kier alpha value is -1.99. The summed E-state index contributed by atoms with van der Waals surface area (Å²) in [6, 6.07) is 3.52. The van der Waals surface area contributed by atoms with Gasteiger partial charge in [-0.15, -0.1) is 0 Å². The minimum atomic E-state index is -0.568. The largest absolute Gasteiger partial charge is 0.389 e. The lowest BCUT2D eigenvalue weighted by Gasteiger charge is -2.39. The molecule has 0 radical (unpaired) electrons. The smallest absolute Gasteiger partial charge is 0.224 e. The highest BCUT2D eigenvalue weighted by atomic mass is 16.3. The first-order chi connectivity index (χ1) is 12.0. The summed E-state index contributed by atoms with van der Waals surface area (Å²) < 4.78 is 0. The number of aliphatic hydroxyl groups is 1. The van der Waals surface area contributed by atoms with E-state index in [4.69, 9.17) is 0 Å². The Bertz CT molecular complexity index is 602. The van der Waals surface area contributed by atoms with Crippen LogP contribution in [0.5, 0.6) is 0 Å². The normalized spacial score (nSPS) is 27.3. The Labute approximate surface area is 148 Å². The molecule has 1 saturated heterocycles. The van der Waals surface area contributed by atoms with E-state index in [0.717, 1.165) is 31.5 Å². The van der Waals surface area contributed by atoms with Crippen LogP contribution in [0.4, 0.5) is 0 Å². The van der Waals surface area contributed by atoms with Gasteiger partial charge in [0.15, 0.2) is 0 Å². The zero-order valence-electron chi connectivity index (χ0n) is 14.6. The van der Waals surface area contributed by atoms with Crippen LogP contribution in [0.3, 0.4) is 0 Å². The monoisotopic (exact) mass is 346 g/mol. The van der Waals surface area contributed by atoms with E-state index in [1.807, 2.05) is 17.0 Å². The van der Waals surface area contributed by atoms with E-state index in [9.17, 15) is 14.7 Å². The molecule has 3 rings (SSSR count). The highest BCUT2D eigenvalue weighted by Crippen LogP contribution is 2.26. The van der Waals surface area contributed by atoms with Crippen LogP contribution in [-0.2, 0) is 16.0 Å². The van der Waals surface area contributed by atoms with Crippen LogP contribution in [0, 0.1) is 0 Å². The number of nitrogens with zero attached hydrogens (tertiary/aromatic N) is 3. The third kappa shape index (κ3) is 4.35. The minimum absolute atomic E-state index is 0.0535. The van der Waals surface area contributed by atoms with E-state index in [0.29, 0.717) is 13.1 Å². The molecule has 2 aliphatic rings. The van der Waals surface area contributed by atoms with Crippen molar-refractivity contribution < 1.29 is 14.7 Å². The topological polar surface area (TPSA) is 85.8 Å². The lowest BCUT2D eigenvalue weighted by Crippen LogP contribution is -2.55. The summed E-state index contributed by atoms with van der Waals surface area (Å²) in [7, 11) is 0. The highest BCUT2D eigenvalue weighted by molar-refractivity contribution is 5.78. The molecule has 0 bridgehead atoms. The standard InChI is InChI=1S/C18H26N4O3/c1-13(23)21-7-9-22(10-8-21)16-5-4-15(18(16)25)20-17(24)11-14-3-2-6-19-12-14/h2-3,6,12,15-16,18,25H,4-5,7-11H2,1H3,(H,20,24)/t15-,16-,18-/m1/s1. The fourth-order valence-corrected chi connectivity index (χ4v) is 3.83. The number of amides is 2. The molecule has 0 aromatic carbocycles. The maximum Gasteiger partial charge on any atom is 0.224 e. The second-order valence-corrected chi connectivity index (χ2v) is 6.89. The second-order valence-electron chi connectivity index (χ2n) is 6.89. The second kappa shape index (κ2) is 7.93. The summed E-state index contributed by atoms with van der Waals surface area (Å²) in [6.45, 7) is 4.55. The highest BCUT2D eigenvalue weighted by Gasteiger charge is 2.39. The molecule has 2 amide bonds. The summed E-state index contributed by atoms with van der Waals surface area (Å²) in [4.78, 5) is 31.7. The van der Waals surface area contributed by atoms with E-state index in [2.05, 4.69) is 15.2 Å². The first kappa shape index (κ1) is 17.8. The van der Waals surface area contributed by atoms with Gasteiger partial charge in [-0.05, 0) is 24.5 Å². The molecule has 1 aliphatic heterocycles. The average molecular weight is 346 g/mol. The molecule has 7 heteroatoms. The van der Waals surface area contributed by atoms with Crippen LogP contribution < -0.4 is 5.32 Å². The van der Waals surface area contributed by atoms with Crippen LogP contribution in [0.15, 0.2) is 24.5 Å². The van der Waals surface area contributed by atoms with Gasteiger partial charge in [-0.1, -0.05) is 6.07 Å².